The van der Waals surface area contributed by atoms with Crippen LogP contribution in [0.3, 0.4) is 0 Å². The molecule has 1 aliphatic heterocycles. The van der Waals surface area contributed by atoms with E-state index >= 15 is 0 Å². The molecule has 0 radical (unpaired) electrons. The molecule has 0 spiro atoms. The Morgan fingerprint density at radius 2 is 2.14 bits per heavy atom. The molecule has 0 unspecified atom stereocenters. The molecule has 0 aliphatic carbocycles. The predicted molar refractivity (Wildman–Crippen MR) is 106 cm³/mol. The minimum atomic E-state index is -0.276. The van der Waals surface area contributed by atoms with Crippen LogP contribution >= 0.6 is 0 Å². The van der Waals surface area contributed by atoms with E-state index in [1.165, 1.54) is 12.1 Å². The summed E-state index contributed by atoms with van der Waals surface area (Å²) in [6.07, 6.45) is 0.615. The Morgan fingerprint density at radius 1 is 1.25 bits per heavy atom. The summed E-state index contributed by atoms with van der Waals surface area (Å²) in [7, 11) is 1.65. The molecule has 1 heterocycles. The van der Waals surface area contributed by atoms with Gasteiger partial charge in [-0.3, -0.25) is 0 Å². The monoisotopic (exact) mass is 387 g/mol. The van der Waals surface area contributed by atoms with Crippen LogP contribution in [-0.4, -0.2) is 33.0 Å². The number of hydrogen-bond donors (Lipinski definition) is 2. The summed E-state index contributed by atoms with van der Waals surface area (Å²) in [6.45, 7) is 4.47. The number of rotatable bonds is 7. The minimum Gasteiger partial charge on any atom is -0.497 e. The highest BCUT2D eigenvalue weighted by atomic mass is 19.1. The molecule has 2 aromatic rings. The van der Waals surface area contributed by atoms with Crippen molar-refractivity contribution >= 4 is 5.96 Å². The van der Waals surface area contributed by atoms with Gasteiger partial charge >= 0.3 is 0 Å². The highest BCUT2D eigenvalue weighted by molar-refractivity contribution is 5.79. The van der Waals surface area contributed by atoms with E-state index in [-0.39, 0.29) is 12.6 Å². The Morgan fingerprint density at radius 3 is 2.96 bits per heavy atom. The van der Waals surface area contributed by atoms with Gasteiger partial charge in [0.2, 0.25) is 0 Å². The second kappa shape index (κ2) is 9.94. The number of nitrogens with one attached hydrogen (secondary N) is 2. The van der Waals surface area contributed by atoms with Crippen molar-refractivity contribution in [2.45, 2.75) is 26.5 Å². The minimum absolute atomic E-state index is 0.198. The summed E-state index contributed by atoms with van der Waals surface area (Å²) in [5.41, 5.74) is 2.64. The highest BCUT2D eigenvalue weighted by Crippen LogP contribution is 2.29. The van der Waals surface area contributed by atoms with Gasteiger partial charge < -0.3 is 24.8 Å². The maximum absolute atomic E-state index is 13.9. The molecule has 0 fully saturated rings. The lowest BCUT2D eigenvalue weighted by Crippen LogP contribution is -2.38. The van der Waals surface area contributed by atoms with Crippen LogP contribution in [0.25, 0.3) is 0 Å². The van der Waals surface area contributed by atoms with Crippen LogP contribution in [0.2, 0.25) is 0 Å². The van der Waals surface area contributed by atoms with Crippen molar-refractivity contribution in [3.63, 3.8) is 0 Å². The quantitative estimate of drug-likeness (QED) is 0.565. The number of nitrogens with zero attached hydrogens (tertiary/aromatic N) is 1. The molecule has 6 nitrogen and oxygen atoms in total. The molecular weight excluding hydrogens is 361 g/mol. The van der Waals surface area contributed by atoms with E-state index < -0.39 is 0 Å². The van der Waals surface area contributed by atoms with E-state index in [2.05, 4.69) is 15.6 Å². The van der Waals surface area contributed by atoms with Crippen LogP contribution in [-0.2, 0) is 24.3 Å². The molecule has 0 saturated carbocycles. The molecule has 1 aliphatic rings. The van der Waals surface area contributed by atoms with Crippen molar-refractivity contribution in [1.82, 2.24) is 10.6 Å². The fraction of sp³-hybridized carbons (Fsp3) is 0.381. The lowest BCUT2D eigenvalue weighted by Gasteiger charge is -2.21. The van der Waals surface area contributed by atoms with Crippen LogP contribution in [0.5, 0.6) is 11.5 Å². The van der Waals surface area contributed by atoms with E-state index in [1.807, 2.05) is 31.2 Å². The first-order valence-electron chi connectivity index (χ1n) is 9.36. The summed E-state index contributed by atoms with van der Waals surface area (Å²) < 4.78 is 29.9. The predicted octanol–water partition coefficient (Wildman–Crippen LogP) is 3.00. The average molecular weight is 387 g/mol. The second-order valence-electron chi connectivity index (χ2n) is 6.39. The van der Waals surface area contributed by atoms with Gasteiger partial charge in [0.25, 0.3) is 0 Å². The van der Waals surface area contributed by atoms with Gasteiger partial charge in [0.15, 0.2) is 12.8 Å². The maximum atomic E-state index is 13.9. The molecular formula is C21H26FN3O3. The van der Waals surface area contributed by atoms with Gasteiger partial charge in [-0.1, -0.05) is 12.1 Å². The van der Waals surface area contributed by atoms with Crippen molar-refractivity contribution in [3.05, 3.63) is 58.9 Å². The number of ether oxygens (including phenoxy) is 3. The van der Waals surface area contributed by atoms with Crippen LogP contribution in [0.15, 0.2) is 41.4 Å². The summed E-state index contributed by atoms with van der Waals surface area (Å²) in [6, 6.07) is 10.8. The topological polar surface area (TPSA) is 64.1 Å². The molecule has 0 saturated heterocycles. The summed E-state index contributed by atoms with van der Waals surface area (Å²) >= 11 is 0. The fourth-order valence-electron chi connectivity index (χ4n) is 3.04. The smallest absolute Gasteiger partial charge is 0.191 e. The first-order chi connectivity index (χ1) is 13.7. The van der Waals surface area contributed by atoms with Crippen molar-refractivity contribution < 1.29 is 18.6 Å². The first kappa shape index (κ1) is 19.9. The Labute approximate surface area is 164 Å². The van der Waals surface area contributed by atoms with Gasteiger partial charge in [0.1, 0.15) is 17.3 Å². The number of aliphatic imine (C=N–C) groups is 1. The molecule has 2 N–H and O–H groups in total. The summed E-state index contributed by atoms with van der Waals surface area (Å²) in [5.74, 6) is 1.97. The van der Waals surface area contributed by atoms with Crippen molar-refractivity contribution in [2.75, 3.05) is 27.0 Å². The summed E-state index contributed by atoms with van der Waals surface area (Å²) in [5, 5.41) is 6.52. The molecule has 7 heteroatoms. The Bertz CT molecular complexity index is 827. The van der Waals surface area contributed by atoms with Gasteiger partial charge in [0, 0.05) is 18.7 Å². The SMILES string of the molecule is CCNC(=NCc1cccc(OC)c1)NCCc1cc(F)cc2c1OCOC2. The number of benzene rings is 2. The second-order valence-corrected chi connectivity index (χ2v) is 6.39. The first-order valence-corrected chi connectivity index (χ1v) is 9.36. The van der Waals surface area contributed by atoms with Crippen molar-refractivity contribution in [1.29, 1.82) is 0 Å². The van der Waals surface area contributed by atoms with E-state index in [1.54, 1.807) is 7.11 Å². The van der Waals surface area contributed by atoms with E-state index in [0.29, 0.717) is 32.1 Å². The van der Waals surface area contributed by atoms with E-state index in [4.69, 9.17) is 14.2 Å². The van der Waals surface area contributed by atoms with Gasteiger partial charge in [0.05, 0.1) is 20.3 Å². The molecule has 0 bridgehead atoms. The van der Waals surface area contributed by atoms with Crippen molar-refractivity contribution in [2.24, 2.45) is 4.99 Å². The molecule has 150 valence electrons. The van der Waals surface area contributed by atoms with Gasteiger partial charge in [-0.25, -0.2) is 9.38 Å². The third-order valence-corrected chi connectivity index (χ3v) is 4.34. The largest absolute Gasteiger partial charge is 0.497 e. The maximum Gasteiger partial charge on any atom is 0.191 e. The normalized spacial score (nSPS) is 13.5. The molecule has 2 aromatic carbocycles. The zero-order chi connectivity index (χ0) is 19.8. The number of guanidine groups is 1. The van der Waals surface area contributed by atoms with Crippen molar-refractivity contribution in [3.8, 4) is 11.5 Å². The average Bonchev–Trinajstić information content (AvgIpc) is 2.72. The number of hydrogen-bond acceptors (Lipinski definition) is 4. The fourth-order valence-corrected chi connectivity index (χ4v) is 3.04. The third-order valence-electron chi connectivity index (χ3n) is 4.34. The summed E-state index contributed by atoms with van der Waals surface area (Å²) in [4.78, 5) is 4.61. The standard InChI is InChI=1S/C21H26FN3O3/c1-3-23-21(25-12-15-5-4-6-19(9-15)26-2)24-8-7-16-10-18(22)11-17-13-27-14-28-20(16)17/h4-6,9-11H,3,7-8,12-14H2,1-2H3,(H2,23,24,25). The Hall–Kier alpha value is -2.80. The molecule has 0 aromatic heterocycles. The van der Waals surface area contributed by atoms with Crippen LogP contribution < -0.4 is 20.1 Å². The number of halogens is 1. The van der Waals surface area contributed by atoms with Gasteiger partial charge in [-0.2, -0.15) is 0 Å². The number of fused-ring (bicyclic) bond motifs is 1. The lowest BCUT2D eigenvalue weighted by atomic mass is 10.1. The van der Waals surface area contributed by atoms with Crippen LogP contribution in [0, 0.1) is 5.82 Å². The van der Waals surface area contributed by atoms with Crippen LogP contribution in [0.4, 0.5) is 4.39 Å². The molecule has 0 amide bonds. The molecule has 28 heavy (non-hydrogen) atoms. The Kier molecular flexibility index (Phi) is 7.08. The van der Waals surface area contributed by atoms with Crippen LogP contribution in [0.1, 0.15) is 23.6 Å². The molecule has 0 atom stereocenters. The van der Waals surface area contributed by atoms with E-state index in [0.717, 1.165) is 34.7 Å². The third kappa shape index (κ3) is 5.36. The van der Waals surface area contributed by atoms with E-state index in [9.17, 15) is 4.39 Å². The Balaban J connectivity index is 1.61. The zero-order valence-corrected chi connectivity index (χ0v) is 16.3. The zero-order valence-electron chi connectivity index (χ0n) is 16.3. The lowest BCUT2D eigenvalue weighted by molar-refractivity contribution is -0.0172. The highest BCUT2D eigenvalue weighted by Gasteiger charge is 2.16. The van der Waals surface area contributed by atoms with Gasteiger partial charge in [-0.15, -0.1) is 0 Å². The van der Waals surface area contributed by atoms with Gasteiger partial charge in [-0.05, 0) is 48.7 Å². The number of methoxy groups -OCH3 is 1. The molecule has 3 rings (SSSR count).